The van der Waals surface area contributed by atoms with Crippen molar-refractivity contribution in [2.24, 2.45) is 5.41 Å². The fraction of sp³-hybridized carbons (Fsp3) is 0.524. The zero-order valence-electron chi connectivity index (χ0n) is 16.4. The minimum absolute atomic E-state index is 0.106. The molecule has 0 aliphatic rings. The molecular weight excluding hydrogens is 326 g/mol. The van der Waals surface area contributed by atoms with Crippen LogP contribution in [-0.4, -0.2) is 28.6 Å². The molecule has 5 nitrogen and oxygen atoms in total. The number of nitrogens with zero attached hydrogens (tertiary/aromatic N) is 2. The molecule has 1 N–H and O–H groups in total. The number of carbonyl (C=O) groups excluding carboxylic acids is 1. The molecule has 1 aromatic carbocycles. The van der Waals surface area contributed by atoms with E-state index >= 15 is 0 Å². The highest BCUT2D eigenvalue weighted by molar-refractivity contribution is 5.81. The van der Waals surface area contributed by atoms with Gasteiger partial charge in [-0.1, -0.05) is 26.0 Å². The Morgan fingerprint density at radius 2 is 2.08 bits per heavy atom. The van der Waals surface area contributed by atoms with Crippen LogP contribution in [0.4, 0.5) is 0 Å². The summed E-state index contributed by atoms with van der Waals surface area (Å²) in [5, 5.41) is 3.05. The van der Waals surface area contributed by atoms with Crippen LogP contribution in [0.3, 0.4) is 0 Å². The highest BCUT2D eigenvalue weighted by Crippen LogP contribution is 2.24. The molecule has 1 aromatic heterocycles. The molecule has 5 heteroatoms. The van der Waals surface area contributed by atoms with E-state index in [0.717, 1.165) is 37.1 Å². The van der Waals surface area contributed by atoms with Gasteiger partial charge in [-0.25, -0.2) is 4.98 Å². The van der Waals surface area contributed by atoms with Gasteiger partial charge in [-0.05, 0) is 50.3 Å². The number of aryl methyl sites for hydroxylation is 3. The monoisotopic (exact) mass is 357 g/mol. The Labute approximate surface area is 156 Å². The fourth-order valence-corrected chi connectivity index (χ4v) is 2.79. The summed E-state index contributed by atoms with van der Waals surface area (Å²) in [7, 11) is 0. The second-order valence-corrected chi connectivity index (χ2v) is 7.51. The second-order valence-electron chi connectivity index (χ2n) is 7.51. The van der Waals surface area contributed by atoms with Crippen LogP contribution in [0.15, 0.2) is 36.9 Å². The van der Waals surface area contributed by atoms with Gasteiger partial charge in [0.15, 0.2) is 0 Å². The molecule has 0 aliphatic carbocycles. The molecule has 2 aromatic rings. The van der Waals surface area contributed by atoms with Crippen molar-refractivity contribution in [3.63, 3.8) is 0 Å². The van der Waals surface area contributed by atoms with Crippen molar-refractivity contribution in [2.45, 2.75) is 53.5 Å². The number of imidazole rings is 1. The van der Waals surface area contributed by atoms with Gasteiger partial charge in [0.05, 0.1) is 12.9 Å². The highest BCUT2D eigenvalue weighted by atomic mass is 16.5. The molecular formula is C21H31N3O2. The lowest BCUT2D eigenvalue weighted by Gasteiger charge is -2.23. The van der Waals surface area contributed by atoms with Gasteiger partial charge in [0.25, 0.3) is 0 Å². The van der Waals surface area contributed by atoms with Gasteiger partial charge in [0.2, 0.25) is 5.91 Å². The third kappa shape index (κ3) is 6.21. The van der Waals surface area contributed by atoms with E-state index in [2.05, 4.69) is 42.3 Å². The Balaban J connectivity index is 1.66. The predicted molar refractivity (Wildman–Crippen MR) is 104 cm³/mol. The maximum absolute atomic E-state index is 12.4. The third-order valence-corrected chi connectivity index (χ3v) is 4.60. The second kappa shape index (κ2) is 9.41. The van der Waals surface area contributed by atoms with Crippen LogP contribution in [0.1, 0.15) is 44.2 Å². The van der Waals surface area contributed by atoms with Crippen molar-refractivity contribution in [3.8, 4) is 5.75 Å². The van der Waals surface area contributed by atoms with Gasteiger partial charge in [0, 0.05) is 30.9 Å². The van der Waals surface area contributed by atoms with Crippen molar-refractivity contribution in [2.75, 3.05) is 13.2 Å². The van der Waals surface area contributed by atoms with Crippen LogP contribution >= 0.6 is 0 Å². The van der Waals surface area contributed by atoms with Crippen molar-refractivity contribution in [3.05, 3.63) is 48.0 Å². The third-order valence-electron chi connectivity index (χ3n) is 4.60. The first-order valence-corrected chi connectivity index (χ1v) is 9.32. The molecule has 0 atom stereocenters. The minimum Gasteiger partial charge on any atom is -0.493 e. The molecule has 0 saturated heterocycles. The fourth-order valence-electron chi connectivity index (χ4n) is 2.79. The summed E-state index contributed by atoms with van der Waals surface area (Å²) in [5.41, 5.74) is 1.95. The number of carbonyl (C=O) groups is 1. The maximum Gasteiger partial charge on any atom is 0.225 e. The number of benzene rings is 1. The molecule has 0 spiro atoms. The number of hydrogen-bond acceptors (Lipinski definition) is 3. The zero-order chi connectivity index (χ0) is 19.0. The van der Waals surface area contributed by atoms with Crippen LogP contribution in [0.2, 0.25) is 0 Å². The van der Waals surface area contributed by atoms with Gasteiger partial charge >= 0.3 is 0 Å². The average molecular weight is 357 g/mol. The Bertz CT molecular complexity index is 693. The molecule has 0 bridgehead atoms. The Morgan fingerprint density at radius 3 is 2.81 bits per heavy atom. The van der Waals surface area contributed by atoms with E-state index in [-0.39, 0.29) is 11.3 Å². The van der Waals surface area contributed by atoms with Crippen LogP contribution < -0.4 is 10.1 Å². The van der Waals surface area contributed by atoms with Crippen molar-refractivity contribution < 1.29 is 9.53 Å². The Morgan fingerprint density at radius 1 is 1.27 bits per heavy atom. The van der Waals surface area contributed by atoms with E-state index in [0.29, 0.717) is 13.2 Å². The van der Waals surface area contributed by atoms with E-state index in [9.17, 15) is 4.79 Å². The summed E-state index contributed by atoms with van der Waals surface area (Å²) in [5.74, 6) is 1.04. The standard InChI is InChI=1S/C21H31N3O2/c1-17-7-8-18(2)19(15-17)26-14-5-9-21(3,4)20(25)23-10-6-12-24-13-11-22-16-24/h7-8,11,13,15-16H,5-6,9-10,12,14H2,1-4H3,(H,23,25). The number of nitrogens with one attached hydrogen (secondary N) is 1. The van der Waals surface area contributed by atoms with Crippen LogP contribution in [0, 0.1) is 19.3 Å². The highest BCUT2D eigenvalue weighted by Gasteiger charge is 2.26. The van der Waals surface area contributed by atoms with E-state index < -0.39 is 0 Å². The molecule has 2 rings (SSSR count). The van der Waals surface area contributed by atoms with Gasteiger partial charge in [-0.2, -0.15) is 0 Å². The molecule has 0 aliphatic heterocycles. The minimum atomic E-state index is -0.389. The van der Waals surface area contributed by atoms with Crippen LogP contribution in [0.25, 0.3) is 0 Å². The first kappa shape index (κ1) is 20.0. The van der Waals surface area contributed by atoms with Gasteiger partial charge in [-0.15, -0.1) is 0 Å². The summed E-state index contributed by atoms with van der Waals surface area (Å²) in [6, 6.07) is 6.22. The zero-order valence-corrected chi connectivity index (χ0v) is 16.4. The van der Waals surface area contributed by atoms with Gasteiger partial charge in [-0.3, -0.25) is 4.79 Å². The lowest BCUT2D eigenvalue weighted by molar-refractivity contribution is -0.129. The molecule has 142 valence electrons. The van der Waals surface area contributed by atoms with Crippen molar-refractivity contribution in [1.29, 1.82) is 0 Å². The molecule has 0 saturated carbocycles. The number of hydrogen-bond donors (Lipinski definition) is 1. The van der Waals surface area contributed by atoms with Gasteiger partial charge < -0.3 is 14.6 Å². The molecule has 1 heterocycles. The summed E-state index contributed by atoms with van der Waals surface area (Å²) < 4.78 is 7.91. The molecule has 26 heavy (non-hydrogen) atoms. The topological polar surface area (TPSA) is 56.1 Å². The number of amides is 1. The quantitative estimate of drug-likeness (QED) is 0.656. The first-order chi connectivity index (χ1) is 12.4. The van der Waals surface area contributed by atoms with Crippen molar-refractivity contribution >= 4 is 5.91 Å². The SMILES string of the molecule is Cc1ccc(C)c(OCCCC(C)(C)C(=O)NCCCn2ccnc2)c1. The van der Waals surface area contributed by atoms with E-state index in [4.69, 9.17) is 4.74 Å². The Kier molecular flexibility index (Phi) is 7.25. The van der Waals surface area contributed by atoms with Crippen molar-refractivity contribution in [1.82, 2.24) is 14.9 Å². The lowest BCUT2D eigenvalue weighted by atomic mass is 9.87. The summed E-state index contributed by atoms with van der Waals surface area (Å²) in [4.78, 5) is 16.4. The molecule has 0 fully saturated rings. The summed E-state index contributed by atoms with van der Waals surface area (Å²) in [6.45, 7) is 10.3. The average Bonchev–Trinajstić information content (AvgIpc) is 3.11. The van der Waals surface area contributed by atoms with E-state index in [1.807, 2.05) is 24.6 Å². The van der Waals surface area contributed by atoms with E-state index in [1.54, 1.807) is 12.5 Å². The smallest absolute Gasteiger partial charge is 0.225 e. The first-order valence-electron chi connectivity index (χ1n) is 9.32. The van der Waals surface area contributed by atoms with Crippen LogP contribution in [-0.2, 0) is 11.3 Å². The maximum atomic E-state index is 12.4. The van der Waals surface area contributed by atoms with Crippen LogP contribution in [0.5, 0.6) is 5.75 Å². The normalized spacial score (nSPS) is 11.4. The van der Waals surface area contributed by atoms with Gasteiger partial charge in [0.1, 0.15) is 5.75 Å². The Hall–Kier alpha value is -2.30. The number of ether oxygens (including phenoxy) is 1. The summed E-state index contributed by atoms with van der Waals surface area (Å²) >= 11 is 0. The predicted octanol–water partition coefficient (Wildman–Crippen LogP) is 3.89. The molecule has 1 amide bonds. The lowest BCUT2D eigenvalue weighted by Crippen LogP contribution is -2.37. The molecule has 0 unspecified atom stereocenters. The largest absolute Gasteiger partial charge is 0.493 e. The molecule has 0 radical (unpaired) electrons. The van der Waals surface area contributed by atoms with E-state index in [1.165, 1.54) is 5.56 Å². The number of rotatable bonds is 10. The summed E-state index contributed by atoms with van der Waals surface area (Å²) in [6.07, 6.45) is 8.04. The number of aromatic nitrogens is 2.